The smallest absolute Gasteiger partial charge is 0.214 e. The van der Waals surface area contributed by atoms with E-state index in [4.69, 9.17) is 19.3 Å². The predicted molar refractivity (Wildman–Crippen MR) is 111 cm³/mol. The predicted octanol–water partition coefficient (Wildman–Crippen LogP) is 5.09. The number of hydrogen-bond donors (Lipinski definition) is 0. The molecule has 0 aromatic heterocycles. The molecule has 5 rings (SSSR count). The molecule has 6 heteroatoms. The molecular weight excluding hydrogens is 383 g/mol. The summed E-state index contributed by atoms with van der Waals surface area (Å²) < 4.78 is 30.7. The quantitative estimate of drug-likeness (QED) is 0.608. The van der Waals surface area contributed by atoms with E-state index in [2.05, 4.69) is 0 Å². The molecule has 0 bridgehead atoms. The number of para-hydroxylation sites is 1. The molecule has 0 saturated carbocycles. The summed E-state index contributed by atoms with van der Waals surface area (Å²) in [4.78, 5) is 0. The maximum Gasteiger partial charge on any atom is 0.214 e. The van der Waals surface area contributed by atoms with E-state index < -0.39 is 6.23 Å². The van der Waals surface area contributed by atoms with Crippen molar-refractivity contribution >= 4 is 5.71 Å². The molecule has 0 fully saturated rings. The van der Waals surface area contributed by atoms with Crippen LogP contribution in [-0.4, -0.2) is 24.9 Å². The van der Waals surface area contributed by atoms with Gasteiger partial charge in [-0.2, -0.15) is 5.10 Å². The maximum atomic E-state index is 13.5. The van der Waals surface area contributed by atoms with Gasteiger partial charge in [-0.15, -0.1) is 0 Å². The molecule has 0 radical (unpaired) electrons. The van der Waals surface area contributed by atoms with Crippen molar-refractivity contribution in [2.24, 2.45) is 5.10 Å². The molecule has 0 unspecified atom stereocenters. The van der Waals surface area contributed by atoms with Crippen LogP contribution in [0.15, 0.2) is 71.8 Å². The first-order valence-corrected chi connectivity index (χ1v) is 9.77. The molecule has 3 aromatic rings. The number of ether oxygens (including phenoxy) is 3. The third-order valence-electron chi connectivity index (χ3n) is 5.58. The fourth-order valence-electron chi connectivity index (χ4n) is 4.05. The van der Waals surface area contributed by atoms with Gasteiger partial charge in [0.25, 0.3) is 0 Å². The molecular formula is C24H21FN2O3. The third-order valence-corrected chi connectivity index (χ3v) is 5.58. The SMILES string of the molecule is COc1ccc(C2=NN3[C@H](C2)c2cccc(OC)c2O[C@@H]3c2ccc(F)cc2)cc1. The molecule has 0 aliphatic carbocycles. The number of nitrogens with zero attached hydrogens (tertiary/aromatic N) is 2. The minimum absolute atomic E-state index is 0.00370. The maximum absolute atomic E-state index is 13.5. The van der Waals surface area contributed by atoms with E-state index in [1.54, 1.807) is 26.4 Å². The Kier molecular flexibility index (Phi) is 4.54. The van der Waals surface area contributed by atoms with Crippen LogP contribution in [0.1, 0.15) is 35.4 Å². The highest BCUT2D eigenvalue weighted by molar-refractivity contribution is 6.02. The van der Waals surface area contributed by atoms with E-state index in [0.717, 1.165) is 34.6 Å². The Morgan fingerprint density at radius 3 is 2.43 bits per heavy atom. The van der Waals surface area contributed by atoms with Crippen molar-refractivity contribution in [3.8, 4) is 17.2 Å². The van der Waals surface area contributed by atoms with Crippen LogP contribution in [0.2, 0.25) is 0 Å². The fourth-order valence-corrected chi connectivity index (χ4v) is 4.05. The first kappa shape index (κ1) is 18.5. The average molecular weight is 404 g/mol. The largest absolute Gasteiger partial charge is 0.497 e. The summed E-state index contributed by atoms with van der Waals surface area (Å²) in [5.74, 6) is 1.91. The Bertz CT molecular complexity index is 1100. The number of benzene rings is 3. The molecule has 152 valence electrons. The van der Waals surface area contributed by atoms with Crippen LogP contribution in [-0.2, 0) is 0 Å². The Morgan fingerprint density at radius 1 is 0.967 bits per heavy atom. The number of fused-ring (bicyclic) bond motifs is 3. The molecule has 0 saturated heterocycles. The van der Waals surface area contributed by atoms with Gasteiger partial charge in [0.15, 0.2) is 11.5 Å². The molecule has 0 N–H and O–H groups in total. The molecule has 2 aliphatic rings. The van der Waals surface area contributed by atoms with Gasteiger partial charge in [0.2, 0.25) is 6.23 Å². The zero-order chi connectivity index (χ0) is 20.7. The zero-order valence-electron chi connectivity index (χ0n) is 16.7. The minimum atomic E-state index is -0.477. The van der Waals surface area contributed by atoms with Crippen LogP contribution in [0.3, 0.4) is 0 Å². The lowest BCUT2D eigenvalue weighted by atomic mass is 9.95. The molecule has 2 aliphatic heterocycles. The van der Waals surface area contributed by atoms with Crippen LogP contribution in [0.4, 0.5) is 4.39 Å². The monoisotopic (exact) mass is 404 g/mol. The van der Waals surface area contributed by atoms with Gasteiger partial charge in [0, 0.05) is 17.5 Å². The van der Waals surface area contributed by atoms with E-state index in [0.29, 0.717) is 11.5 Å². The average Bonchev–Trinajstić information content (AvgIpc) is 3.24. The summed E-state index contributed by atoms with van der Waals surface area (Å²) in [6, 6.07) is 20.1. The second kappa shape index (κ2) is 7.37. The van der Waals surface area contributed by atoms with Crippen molar-refractivity contribution in [1.82, 2.24) is 5.01 Å². The Balaban J connectivity index is 1.59. The van der Waals surface area contributed by atoms with Gasteiger partial charge in [-0.25, -0.2) is 9.40 Å². The molecule has 2 atom stereocenters. The van der Waals surface area contributed by atoms with Gasteiger partial charge in [-0.1, -0.05) is 24.3 Å². The summed E-state index contributed by atoms with van der Waals surface area (Å²) in [5, 5.41) is 6.89. The van der Waals surface area contributed by atoms with Gasteiger partial charge >= 0.3 is 0 Å². The molecule has 0 spiro atoms. The van der Waals surface area contributed by atoms with Crippen LogP contribution < -0.4 is 14.2 Å². The minimum Gasteiger partial charge on any atom is -0.497 e. The van der Waals surface area contributed by atoms with Gasteiger partial charge in [0.05, 0.1) is 26.0 Å². The summed E-state index contributed by atoms with van der Waals surface area (Å²) in [6.45, 7) is 0. The number of rotatable bonds is 4. The molecule has 3 aromatic carbocycles. The van der Waals surface area contributed by atoms with E-state index in [-0.39, 0.29) is 11.9 Å². The van der Waals surface area contributed by atoms with E-state index in [1.165, 1.54) is 12.1 Å². The number of hydrazone groups is 1. The Morgan fingerprint density at radius 2 is 1.73 bits per heavy atom. The summed E-state index contributed by atoms with van der Waals surface area (Å²) >= 11 is 0. The number of hydrogen-bond acceptors (Lipinski definition) is 5. The lowest BCUT2D eigenvalue weighted by Gasteiger charge is -2.38. The van der Waals surface area contributed by atoms with Crippen molar-refractivity contribution in [2.45, 2.75) is 18.7 Å². The number of methoxy groups -OCH3 is 2. The first-order chi connectivity index (χ1) is 14.7. The van der Waals surface area contributed by atoms with Crippen molar-refractivity contribution in [1.29, 1.82) is 0 Å². The highest BCUT2D eigenvalue weighted by Crippen LogP contribution is 2.50. The second-order valence-electron chi connectivity index (χ2n) is 7.28. The van der Waals surface area contributed by atoms with Gasteiger partial charge < -0.3 is 14.2 Å². The van der Waals surface area contributed by atoms with E-state index in [9.17, 15) is 4.39 Å². The first-order valence-electron chi connectivity index (χ1n) is 9.77. The van der Waals surface area contributed by atoms with Gasteiger partial charge in [-0.3, -0.25) is 0 Å². The lowest BCUT2D eigenvalue weighted by Crippen LogP contribution is -2.33. The zero-order valence-corrected chi connectivity index (χ0v) is 16.7. The number of halogens is 1. The van der Waals surface area contributed by atoms with Gasteiger partial charge in [-0.05, 0) is 48.0 Å². The van der Waals surface area contributed by atoms with Crippen LogP contribution >= 0.6 is 0 Å². The van der Waals surface area contributed by atoms with Gasteiger partial charge in [0.1, 0.15) is 11.6 Å². The van der Waals surface area contributed by atoms with E-state index >= 15 is 0 Å². The fraction of sp³-hybridized carbons (Fsp3) is 0.208. The lowest BCUT2D eigenvalue weighted by molar-refractivity contribution is -0.0209. The molecule has 5 nitrogen and oxygen atoms in total. The van der Waals surface area contributed by atoms with E-state index in [1.807, 2.05) is 47.5 Å². The topological polar surface area (TPSA) is 43.3 Å². The molecule has 30 heavy (non-hydrogen) atoms. The van der Waals surface area contributed by atoms with Crippen LogP contribution in [0, 0.1) is 5.82 Å². The summed E-state index contributed by atoms with van der Waals surface area (Å²) in [5.41, 5.74) is 3.86. The van der Waals surface area contributed by atoms with Crippen LogP contribution in [0.5, 0.6) is 17.2 Å². The molecule has 2 heterocycles. The van der Waals surface area contributed by atoms with Crippen molar-refractivity contribution < 1.29 is 18.6 Å². The van der Waals surface area contributed by atoms with Crippen molar-refractivity contribution in [3.05, 3.63) is 89.2 Å². The molecule has 0 amide bonds. The normalized spacial score (nSPS) is 19.4. The van der Waals surface area contributed by atoms with Crippen molar-refractivity contribution in [3.63, 3.8) is 0 Å². The standard InChI is InChI=1S/C24H21FN2O3/c1-28-18-12-8-15(9-13-18)20-14-21-19-4-3-5-22(29-2)23(19)30-24(27(21)26-20)16-6-10-17(25)11-7-16/h3-13,21,24H,14H2,1-2H3/t21-,24-/m1/s1. The summed E-state index contributed by atoms with van der Waals surface area (Å²) in [7, 11) is 3.28. The Hall–Kier alpha value is -3.54. The highest BCUT2D eigenvalue weighted by Gasteiger charge is 2.42. The van der Waals surface area contributed by atoms with Crippen LogP contribution in [0.25, 0.3) is 0 Å². The third kappa shape index (κ3) is 3.05. The van der Waals surface area contributed by atoms with Crippen molar-refractivity contribution in [2.75, 3.05) is 14.2 Å². The summed E-state index contributed by atoms with van der Waals surface area (Å²) in [6.07, 6.45) is 0.253. The highest BCUT2D eigenvalue weighted by atomic mass is 19.1. The second-order valence-corrected chi connectivity index (χ2v) is 7.28. The Labute approximate surface area is 174 Å².